The van der Waals surface area contributed by atoms with Crippen LogP contribution in [0.25, 0.3) is 0 Å². The van der Waals surface area contributed by atoms with Crippen LogP contribution in [-0.4, -0.2) is 70.1 Å². The molecule has 0 atom stereocenters. The summed E-state index contributed by atoms with van der Waals surface area (Å²) in [6.07, 6.45) is 0.321. The van der Waals surface area contributed by atoms with Crippen LogP contribution in [0.4, 0.5) is 10.6 Å². The number of ether oxygens (including phenoxy) is 1. The van der Waals surface area contributed by atoms with Crippen molar-refractivity contribution in [3.63, 3.8) is 0 Å². The zero-order valence-electron chi connectivity index (χ0n) is 20.7. The molecule has 2 aromatic rings. The van der Waals surface area contributed by atoms with Gasteiger partial charge in [-0.25, -0.2) is 9.59 Å². The molecule has 1 amide bonds. The third kappa shape index (κ3) is 6.39. The molecule has 1 aliphatic heterocycles. The number of rotatable bonds is 8. The fraction of sp³-hybridized carbons (Fsp3) is 0.520. The summed E-state index contributed by atoms with van der Waals surface area (Å²) >= 11 is 0. The van der Waals surface area contributed by atoms with Crippen molar-refractivity contribution in [2.24, 2.45) is 5.92 Å². The minimum absolute atomic E-state index is 0.0262. The normalized spacial score (nSPS) is 14.7. The van der Waals surface area contributed by atoms with Gasteiger partial charge in [-0.1, -0.05) is 44.2 Å². The first-order chi connectivity index (χ1) is 16.7. The van der Waals surface area contributed by atoms with Crippen LogP contribution >= 0.6 is 0 Å². The Morgan fingerprint density at radius 2 is 1.74 bits per heavy atom. The molecule has 10 nitrogen and oxygen atoms in total. The van der Waals surface area contributed by atoms with Crippen LogP contribution < -0.4 is 17.0 Å². The van der Waals surface area contributed by atoms with Crippen LogP contribution in [0.3, 0.4) is 0 Å². The van der Waals surface area contributed by atoms with Gasteiger partial charge in [0.15, 0.2) is 5.78 Å². The van der Waals surface area contributed by atoms with Gasteiger partial charge in [0.1, 0.15) is 11.4 Å². The van der Waals surface area contributed by atoms with Gasteiger partial charge in [0.25, 0.3) is 5.56 Å². The minimum atomic E-state index is -0.668. The lowest BCUT2D eigenvalue weighted by molar-refractivity contribution is 0.0906. The maximum absolute atomic E-state index is 13.3. The number of nitrogens with zero attached hydrogens (tertiary/aromatic N) is 4. The van der Waals surface area contributed by atoms with Gasteiger partial charge in [-0.05, 0) is 24.8 Å². The highest BCUT2D eigenvalue weighted by molar-refractivity contribution is 6.01. The predicted octanol–water partition coefficient (Wildman–Crippen LogP) is 1.64. The average Bonchev–Trinajstić information content (AvgIpc) is 3.07. The van der Waals surface area contributed by atoms with Gasteiger partial charge in [0, 0.05) is 32.7 Å². The van der Waals surface area contributed by atoms with E-state index in [-0.39, 0.29) is 43.0 Å². The largest absolute Gasteiger partial charge is 0.449 e. The molecule has 1 aromatic carbocycles. The Kier molecular flexibility index (Phi) is 8.86. The summed E-state index contributed by atoms with van der Waals surface area (Å²) in [5, 5.41) is 0. The standard InChI is InChI=1S/C25H35N5O5/c1-4-29-23(32)21(22(26)30(24(29)33)15-19-9-6-5-7-10-19)20(31)16-27-11-8-12-28(14-13-27)25(34)35-17-18(2)3/h5-7,9-10,18H,4,8,11-17,26H2,1-3H3. The molecule has 0 bridgehead atoms. The maximum Gasteiger partial charge on any atom is 0.409 e. The van der Waals surface area contributed by atoms with E-state index in [4.69, 9.17) is 10.5 Å². The van der Waals surface area contributed by atoms with Crippen LogP contribution in [0, 0.1) is 5.92 Å². The number of anilines is 1. The summed E-state index contributed by atoms with van der Waals surface area (Å²) in [6, 6.07) is 9.26. The van der Waals surface area contributed by atoms with Gasteiger partial charge >= 0.3 is 11.8 Å². The van der Waals surface area contributed by atoms with Gasteiger partial charge < -0.3 is 15.4 Å². The van der Waals surface area contributed by atoms with Crippen molar-refractivity contribution >= 4 is 17.7 Å². The van der Waals surface area contributed by atoms with E-state index in [0.29, 0.717) is 39.2 Å². The van der Waals surface area contributed by atoms with Crippen molar-refractivity contribution < 1.29 is 14.3 Å². The summed E-state index contributed by atoms with van der Waals surface area (Å²) in [4.78, 5) is 55.1. The summed E-state index contributed by atoms with van der Waals surface area (Å²) in [5.74, 6) is -0.303. The molecule has 10 heteroatoms. The van der Waals surface area contributed by atoms with Crippen molar-refractivity contribution in [2.45, 2.75) is 40.3 Å². The van der Waals surface area contributed by atoms with Crippen LogP contribution in [0.5, 0.6) is 0 Å². The summed E-state index contributed by atoms with van der Waals surface area (Å²) in [6.45, 7) is 8.27. The second kappa shape index (κ2) is 11.8. The van der Waals surface area contributed by atoms with E-state index in [1.807, 2.05) is 49.1 Å². The Labute approximate surface area is 204 Å². The van der Waals surface area contributed by atoms with E-state index in [1.54, 1.807) is 11.8 Å². The second-order valence-corrected chi connectivity index (χ2v) is 9.17. The zero-order valence-corrected chi connectivity index (χ0v) is 20.7. The lowest BCUT2D eigenvalue weighted by Crippen LogP contribution is -2.45. The van der Waals surface area contributed by atoms with Gasteiger partial charge in [0.2, 0.25) is 0 Å². The Hall–Kier alpha value is -3.40. The lowest BCUT2D eigenvalue weighted by Gasteiger charge is -2.22. The van der Waals surface area contributed by atoms with Gasteiger partial charge in [-0.3, -0.25) is 23.6 Å². The zero-order chi connectivity index (χ0) is 25.5. The molecule has 35 heavy (non-hydrogen) atoms. The van der Waals surface area contributed by atoms with Crippen LogP contribution in [-0.2, 0) is 17.8 Å². The first-order valence-electron chi connectivity index (χ1n) is 12.1. The van der Waals surface area contributed by atoms with Crippen LogP contribution in [0.1, 0.15) is 43.1 Å². The van der Waals surface area contributed by atoms with Crippen LogP contribution in [0.15, 0.2) is 39.9 Å². The molecule has 1 aromatic heterocycles. The van der Waals surface area contributed by atoms with Crippen molar-refractivity contribution in [3.05, 3.63) is 62.3 Å². The SMILES string of the molecule is CCn1c(=O)c(C(=O)CN2CCCN(C(=O)OCC(C)C)CC2)c(N)n(Cc2ccccc2)c1=O. The van der Waals surface area contributed by atoms with E-state index in [2.05, 4.69) is 0 Å². The number of carbonyl (C=O) groups is 2. The quantitative estimate of drug-likeness (QED) is 0.565. The number of benzene rings is 1. The highest BCUT2D eigenvalue weighted by Gasteiger charge is 2.26. The smallest absolute Gasteiger partial charge is 0.409 e. The van der Waals surface area contributed by atoms with Crippen molar-refractivity contribution in [1.29, 1.82) is 0 Å². The van der Waals surface area contributed by atoms with E-state index in [9.17, 15) is 19.2 Å². The number of hydrogen-bond acceptors (Lipinski definition) is 7. The van der Waals surface area contributed by atoms with Crippen molar-refractivity contribution in [2.75, 3.05) is 45.1 Å². The minimum Gasteiger partial charge on any atom is -0.449 e. The Bertz CT molecular complexity index is 1160. The molecule has 0 radical (unpaired) electrons. The van der Waals surface area contributed by atoms with E-state index in [1.165, 1.54) is 4.57 Å². The third-order valence-corrected chi connectivity index (χ3v) is 6.00. The average molecular weight is 486 g/mol. The Balaban J connectivity index is 1.79. The van der Waals surface area contributed by atoms with Crippen LogP contribution in [0.2, 0.25) is 0 Å². The van der Waals surface area contributed by atoms with Gasteiger partial charge in [-0.15, -0.1) is 0 Å². The lowest BCUT2D eigenvalue weighted by atomic mass is 10.1. The topological polar surface area (TPSA) is 120 Å². The molecular weight excluding hydrogens is 450 g/mol. The summed E-state index contributed by atoms with van der Waals surface area (Å²) in [7, 11) is 0. The second-order valence-electron chi connectivity index (χ2n) is 9.17. The number of carbonyl (C=O) groups excluding carboxylic acids is 2. The Morgan fingerprint density at radius 1 is 1.03 bits per heavy atom. The maximum atomic E-state index is 13.3. The molecule has 0 saturated carbocycles. The highest BCUT2D eigenvalue weighted by Crippen LogP contribution is 2.12. The number of aromatic nitrogens is 2. The number of amides is 1. The van der Waals surface area contributed by atoms with Gasteiger partial charge in [0.05, 0.1) is 19.7 Å². The molecule has 2 N–H and O–H groups in total. The highest BCUT2D eigenvalue weighted by atomic mass is 16.6. The third-order valence-electron chi connectivity index (χ3n) is 6.00. The number of hydrogen-bond donors (Lipinski definition) is 1. The first kappa shape index (κ1) is 26.2. The summed E-state index contributed by atoms with van der Waals surface area (Å²) < 4.78 is 7.65. The number of ketones is 1. The molecule has 1 fully saturated rings. The number of Topliss-reactive ketones (excluding diaryl/α,β-unsaturated/α-hetero) is 1. The number of nitrogens with two attached hydrogens (primary N) is 1. The van der Waals surface area contributed by atoms with E-state index in [0.717, 1.165) is 10.1 Å². The number of nitrogen functional groups attached to an aromatic ring is 1. The van der Waals surface area contributed by atoms with E-state index < -0.39 is 17.0 Å². The molecule has 2 heterocycles. The predicted molar refractivity (Wildman–Crippen MR) is 134 cm³/mol. The molecule has 1 saturated heterocycles. The molecule has 0 unspecified atom stereocenters. The molecule has 190 valence electrons. The fourth-order valence-corrected chi connectivity index (χ4v) is 4.10. The van der Waals surface area contributed by atoms with Gasteiger partial charge in [-0.2, -0.15) is 0 Å². The van der Waals surface area contributed by atoms with Crippen molar-refractivity contribution in [1.82, 2.24) is 18.9 Å². The molecular formula is C25H35N5O5. The fourth-order valence-electron chi connectivity index (χ4n) is 4.10. The summed E-state index contributed by atoms with van der Waals surface area (Å²) in [5.41, 5.74) is 5.71. The molecule has 3 rings (SSSR count). The monoisotopic (exact) mass is 485 g/mol. The molecule has 0 aliphatic carbocycles. The Morgan fingerprint density at radius 3 is 2.40 bits per heavy atom. The first-order valence-corrected chi connectivity index (χ1v) is 12.1. The molecule has 0 spiro atoms. The van der Waals surface area contributed by atoms with E-state index >= 15 is 0 Å². The van der Waals surface area contributed by atoms with Crippen molar-refractivity contribution in [3.8, 4) is 0 Å². The molecule has 1 aliphatic rings.